The van der Waals surface area contributed by atoms with E-state index >= 15 is 0 Å². The summed E-state index contributed by atoms with van der Waals surface area (Å²) in [5.74, 6) is -1.68. The molecule has 22 heavy (non-hydrogen) atoms. The first-order valence-corrected chi connectivity index (χ1v) is 6.76. The molecular formula is C13H18F3N3O3. The van der Waals surface area contributed by atoms with E-state index in [1.54, 1.807) is 4.90 Å². The summed E-state index contributed by atoms with van der Waals surface area (Å²) in [4.78, 5) is 22.6. The minimum atomic E-state index is -5.08. The number of likely N-dealkylation sites (tertiary alicyclic amines) is 1. The van der Waals surface area contributed by atoms with Crippen LogP contribution in [0.15, 0.2) is 0 Å². The number of aliphatic carboxylic acids is 1. The average molecular weight is 321 g/mol. The van der Waals surface area contributed by atoms with Crippen LogP contribution in [0.3, 0.4) is 0 Å². The smallest absolute Gasteiger partial charge is 0.475 e. The number of carboxylic acid groups (broad SMARTS) is 1. The van der Waals surface area contributed by atoms with E-state index in [1.807, 2.05) is 13.8 Å². The number of fused-ring (bicyclic) bond motifs is 1. The molecule has 0 aromatic carbocycles. The van der Waals surface area contributed by atoms with Crippen LogP contribution < -0.4 is 5.73 Å². The summed E-state index contributed by atoms with van der Waals surface area (Å²) in [5.41, 5.74) is 5.82. The third-order valence-corrected chi connectivity index (χ3v) is 3.81. The van der Waals surface area contributed by atoms with Gasteiger partial charge in [-0.2, -0.15) is 18.4 Å². The van der Waals surface area contributed by atoms with Crippen LogP contribution in [-0.4, -0.2) is 46.7 Å². The molecule has 2 aliphatic rings. The molecule has 124 valence electrons. The van der Waals surface area contributed by atoms with Gasteiger partial charge in [-0.25, -0.2) is 4.79 Å². The van der Waals surface area contributed by atoms with Gasteiger partial charge in [0.2, 0.25) is 5.91 Å². The zero-order chi connectivity index (χ0) is 17.2. The molecule has 1 aliphatic carbocycles. The molecule has 1 aliphatic heterocycles. The second-order valence-electron chi connectivity index (χ2n) is 5.80. The van der Waals surface area contributed by atoms with E-state index in [0.29, 0.717) is 11.8 Å². The number of halogens is 3. The van der Waals surface area contributed by atoms with Gasteiger partial charge < -0.3 is 15.7 Å². The van der Waals surface area contributed by atoms with Crippen LogP contribution >= 0.6 is 0 Å². The highest BCUT2D eigenvalue weighted by molar-refractivity contribution is 5.83. The molecule has 1 saturated carbocycles. The maximum Gasteiger partial charge on any atom is 0.490 e. The van der Waals surface area contributed by atoms with Gasteiger partial charge in [0.15, 0.2) is 0 Å². The van der Waals surface area contributed by atoms with Gasteiger partial charge >= 0.3 is 12.1 Å². The lowest BCUT2D eigenvalue weighted by atomic mass is 10.0. The van der Waals surface area contributed by atoms with Gasteiger partial charge in [0.05, 0.1) is 12.1 Å². The fourth-order valence-electron chi connectivity index (χ4n) is 2.33. The average Bonchev–Trinajstić information content (AvgIpc) is 3.08. The molecule has 1 unspecified atom stereocenters. The van der Waals surface area contributed by atoms with Gasteiger partial charge in [-0.3, -0.25) is 4.79 Å². The number of alkyl halides is 3. The van der Waals surface area contributed by atoms with Crippen molar-refractivity contribution in [3.63, 3.8) is 0 Å². The topological polar surface area (TPSA) is 107 Å². The predicted octanol–water partition coefficient (Wildman–Crippen LogP) is 0.973. The molecule has 1 heterocycles. The molecule has 4 atom stereocenters. The van der Waals surface area contributed by atoms with Gasteiger partial charge in [-0.1, -0.05) is 13.8 Å². The third-order valence-electron chi connectivity index (χ3n) is 3.81. The number of amides is 1. The van der Waals surface area contributed by atoms with Crippen molar-refractivity contribution in [3.05, 3.63) is 0 Å². The van der Waals surface area contributed by atoms with Crippen LogP contribution in [0.1, 0.15) is 20.3 Å². The summed E-state index contributed by atoms with van der Waals surface area (Å²) in [5, 5.41) is 16.1. The number of piperidine rings is 1. The summed E-state index contributed by atoms with van der Waals surface area (Å²) < 4.78 is 31.7. The number of carbonyl (C=O) groups is 2. The van der Waals surface area contributed by atoms with E-state index in [-0.39, 0.29) is 17.9 Å². The number of carboxylic acids is 1. The summed E-state index contributed by atoms with van der Waals surface area (Å²) in [6, 6.07) is 1.55. The van der Waals surface area contributed by atoms with Crippen LogP contribution in [0.5, 0.6) is 0 Å². The maximum absolute atomic E-state index is 12.0. The highest BCUT2D eigenvalue weighted by Gasteiger charge is 2.54. The Kier molecular flexibility index (Phi) is 5.40. The minimum Gasteiger partial charge on any atom is -0.475 e. The molecular weight excluding hydrogens is 303 g/mol. The molecule has 0 aromatic heterocycles. The van der Waals surface area contributed by atoms with Crippen LogP contribution in [0.2, 0.25) is 0 Å². The van der Waals surface area contributed by atoms with Crippen molar-refractivity contribution in [2.75, 3.05) is 6.54 Å². The number of carbonyl (C=O) groups excluding carboxylic acids is 1. The Morgan fingerprint density at radius 3 is 2.27 bits per heavy atom. The predicted molar refractivity (Wildman–Crippen MR) is 69.2 cm³/mol. The first kappa shape index (κ1) is 18.2. The van der Waals surface area contributed by atoms with Crippen molar-refractivity contribution in [1.82, 2.24) is 4.90 Å². The molecule has 6 nitrogen and oxygen atoms in total. The Hall–Kier alpha value is -1.82. The number of nitrogens with zero attached hydrogens (tertiary/aromatic N) is 2. The van der Waals surface area contributed by atoms with E-state index in [2.05, 4.69) is 6.07 Å². The van der Waals surface area contributed by atoms with Crippen LogP contribution in [0.25, 0.3) is 0 Å². The zero-order valence-electron chi connectivity index (χ0n) is 12.2. The lowest BCUT2D eigenvalue weighted by Gasteiger charge is -2.27. The number of hydrogen-bond acceptors (Lipinski definition) is 4. The molecule has 1 amide bonds. The fourth-order valence-corrected chi connectivity index (χ4v) is 2.33. The largest absolute Gasteiger partial charge is 0.490 e. The van der Waals surface area contributed by atoms with E-state index in [9.17, 15) is 18.0 Å². The van der Waals surface area contributed by atoms with Gasteiger partial charge in [0.1, 0.15) is 6.04 Å². The summed E-state index contributed by atoms with van der Waals surface area (Å²) in [6.07, 6.45) is -3.97. The van der Waals surface area contributed by atoms with Crippen LogP contribution in [0, 0.1) is 29.1 Å². The molecule has 0 radical (unpaired) electrons. The first-order chi connectivity index (χ1) is 10.0. The standard InChI is InChI=1S/C11H17N3O.C2HF3O2/c1-6(2)10(13)11(15)14-5-7-3-8(7)9(14)4-12;3-2(4,5)1(6)7/h6-10H,3,5,13H2,1-2H3;(H,6,7)/t7-,8-,9?,10+;/m1./s1. The lowest BCUT2D eigenvalue weighted by Crippen LogP contribution is -2.49. The summed E-state index contributed by atoms with van der Waals surface area (Å²) in [7, 11) is 0. The van der Waals surface area contributed by atoms with Crippen molar-refractivity contribution < 1.29 is 27.9 Å². The Morgan fingerprint density at radius 2 is 1.91 bits per heavy atom. The second-order valence-corrected chi connectivity index (χ2v) is 5.80. The molecule has 1 saturated heterocycles. The Morgan fingerprint density at radius 1 is 1.41 bits per heavy atom. The Labute approximate surface area is 125 Å². The maximum atomic E-state index is 12.0. The minimum absolute atomic E-state index is 0.0521. The quantitative estimate of drug-likeness (QED) is 0.788. The molecule has 9 heteroatoms. The van der Waals surface area contributed by atoms with Gasteiger partial charge in [0.25, 0.3) is 0 Å². The Balaban J connectivity index is 0.000000295. The van der Waals surface area contributed by atoms with E-state index in [1.165, 1.54) is 0 Å². The molecule has 2 rings (SSSR count). The normalized spacial score (nSPS) is 27.4. The van der Waals surface area contributed by atoms with E-state index in [4.69, 9.17) is 20.9 Å². The molecule has 0 spiro atoms. The molecule has 0 aromatic rings. The van der Waals surface area contributed by atoms with Crippen molar-refractivity contribution in [1.29, 1.82) is 5.26 Å². The summed E-state index contributed by atoms with van der Waals surface area (Å²) in [6.45, 7) is 4.60. The van der Waals surface area contributed by atoms with E-state index < -0.39 is 18.2 Å². The van der Waals surface area contributed by atoms with E-state index in [0.717, 1.165) is 13.0 Å². The van der Waals surface area contributed by atoms with Crippen molar-refractivity contribution >= 4 is 11.9 Å². The molecule has 2 fully saturated rings. The van der Waals surface area contributed by atoms with Crippen molar-refractivity contribution in [3.8, 4) is 6.07 Å². The summed E-state index contributed by atoms with van der Waals surface area (Å²) >= 11 is 0. The third kappa shape index (κ3) is 4.10. The van der Waals surface area contributed by atoms with Gasteiger partial charge in [0, 0.05) is 6.54 Å². The zero-order valence-corrected chi connectivity index (χ0v) is 12.2. The SMILES string of the molecule is CC(C)[C@H](N)C(=O)N1C[C@H]2C[C@H]2C1C#N.O=C(O)C(F)(F)F. The van der Waals surface area contributed by atoms with Gasteiger partial charge in [-0.15, -0.1) is 0 Å². The number of hydrogen-bond donors (Lipinski definition) is 2. The highest BCUT2D eigenvalue weighted by Crippen LogP contribution is 2.49. The Bertz CT molecular complexity index is 487. The second kappa shape index (κ2) is 6.52. The first-order valence-electron chi connectivity index (χ1n) is 6.76. The fraction of sp³-hybridized carbons (Fsp3) is 0.769. The number of nitrogens with two attached hydrogens (primary N) is 1. The number of nitriles is 1. The highest BCUT2D eigenvalue weighted by atomic mass is 19.4. The number of rotatable bonds is 2. The van der Waals surface area contributed by atoms with Crippen molar-refractivity contribution in [2.24, 2.45) is 23.5 Å². The van der Waals surface area contributed by atoms with Crippen molar-refractivity contribution in [2.45, 2.75) is 38.5 Å². The van der Waals surface area contributed by atoms with Gasteiger partial charge in [-0.05, 0) is 24.2 Å². The van der Waals surface area contributed by atoms with Crippen LogP contribution in [-0.2, 0) is 9.59 Å². The molecule has 0 bridgehead atoms. The lowest BCUT2D eigenvalue weighted by molar-refractivity contribution is -0.192. The monoisotopic (exact) mass is 321 g/mol. The van der Waals surface area contributed by atoms with Crippen LogP contribution in [0.4, 0.5) is 13.2 Å². The molecule has 3 N–H and O–H groups in total.